The summed E-state index contributed by atoms with van der Waals surface area (Å²) in [6.45, 7) is 7.73. The SMILES string of the molecule is CCOC(=O)/C(=C/OC(O)C(C)=C(C)C)C1CCc2ccsc21. The molecule has 2 atom stereocenters. The standard InChI is InChI=1S/C18H24O4S/c1-5-21-18(20)15(10-22-17(19)12(4)11(2)3)14-7-6-13-8-9-23-16(13)14/h8-10,14,17,19H,5-7H2,1-4H3/b15-10+. The van der Waals surface area contributed by atoms with Crippen LogP contribution in [-0.4, -0.2) is 24.0 Å². The lowest BCUT2D eigenvalue weighted by molar-refractivity contribution is -0.139. The van der Waals surface area contributed by atoms with Gasteiger partial charge in [-0.05, 0) is 63.1 Å². The van der Waals surface area contributed by atoms with Gasteiger partial charge in [0.15, 0.2) is 0 Å². The predicted molar refractivity (Wildman–Crippen MR) is 91.2 cm³/mol. The summed E-state index contributed by atoms with van der Waals surface area (Å²) in [7, 11) is 0. The molecule has 2 unspecified atom stereocenters. The van der Waals surface area contributed by atoms with Gasteiger partial charge in [0.25, 0.3) is 0 Å². The summed E-state index contributed by atoms with van der Waals surface area (Å²) in [5.41, 5.74) is 3.50. The third-order valence-electron chi connectivity index (χ3n) is 4.17. The van der Waals surface area contributed by atoms with Crippen LogP contribution in [0.4, 0.5) is 0 Å². The van der Waals surface area contributed by atoms with E-state index in [0.29, 0.717) is 12.2 Å². The van der Waals surface area contributed by atoms with Crippen molar-refractivity contribution in [3.8, 4) is 0 Å². The summed E-state index contributed by atoms with van der Waals surface area (Å²) in [6.07, 6.45) is 2.16. The van der Waals surface area contributed by atoms with Crippen molar-refractivity contribution in [2.24, 2.45) is 0 Å². The van der Waals surface area contributed by atoms with Crippen LogP contribution in [0, 0.1) is 0 Å². The van der Waals surface area contributed by atoms with Crippen molar-refractivity contribution in [1.82, 2.24) is 0 Å². The minimum absolute atomic E-state index is 0.0109. The van der Waals surface area contributed by atoms with Crippen molar-refractivity contribution in [1.29, 1.82) is 0 Å². The first-order valence-corrected chi connectivity index (χ1v) is 8.74. The van der Waals surface area contributed by atoms with Crippen LogP contribution in [-0.2, 0) is 20.7 Å². The van der Waals surface area contributed by atoms with Crippen LogP contribution in [0.15, 0.2) is 34.4 Å². The lowest BCUT2D eigenvalue weighted by Gasteiger charge is -2.17. The number of carbonyl (C=O) groups excluding carboxylic acids is 1. The molecule has 4 nitrogen and oxygen atoms in total. The normalized spacial score (nSPS) is 18.3. The molecule has 1 aliphatic rings. The summed E-state index contributed by atoms with van der Waals surface area (Å²) in [5, 5.41) is 12.1. The summed E-state index contributed by atoms with van der Waals surface area (Å²) in [6, 6.07) is 2.10. The first-order chi connectivity index (χ1) is 11.0. The minimum Gasteiger partial charge on any atom is -0.468 e. The van der Waals surface area contributed by atoms with Gasteiger partial charge >= 0.3 is 5.97 Å². The fourth-order valence-electron chi connectivity index (χ4n) is 2.56. The largest absolute Gasteiger partial charge is 0.468 e. The molecule has 0 spiro atoms. The fourth-order valence-corrected chi connectivity index (χ4v) is 3.67. The second-order valence-electron chi connectivity index (χ2n) is 5.87. The Morgan fingerprint density at radius 1 is 1.48 bits per heavy atom. The molecule has 1 aliphatic carbocycles. The topological polar surface area (TPSA) is 55.8 Å². The van der Waals surface area contributed by atoms with E-state index < -0.39 is 6.29 Å². The maximum absolute atomic E-state index is 12.3. The number of aryl methyl sites for hydroxylation is 1. The van der Waals surface area contributed by atoms with E-state index in [2.05, 4.69) is 6.07 Å². The molecule has 0 fully saturated rings. The molecule has 1 aromatic heterocycles. The molecule has 1 heterocycles. The van der Waals surface area contributed by atoms with Crippen LogP contribution in [0.5, 0.6) is 0 Å². The zero-order chi connectivity index (χ0) is 17.0. The van der Waals surface area contributed by atoms with Crippen LogP contribution in [0.2, 0.25) is 0 Å². The van der Waals surface area contributed by atoms with Crippen LogP contribution in [0.3, 0.4) is 0 Å². The van der Waals surface area contributed by atoms with Gasteiger partial charge in [0.2, 0.25) is 6.29 Å². The molecule has 0 saturated carbocycles. The molecule has 0 saturated heterocycles. The third kappa shape index (κ3) is 4.03. The Hall–Kier alpha value is -1.59. The number of aliphatic hydroxyl groups is 1. The summed E-state index contributed by atoms with van der Waals surface area (Å²) in [4.78, 5) is 13.5. The van der Waals surface area contributed by atoms with Crippen LogP contribution >= 0.6 is 11.3 Å². The first-order valence-electron chi connectivity index (χ1n) is 7.86. The highest BCUT2D eigenvalue weighted by Gasteiger charge is 2.32. The lowest BCUT2D eigenvalue weighted by atomic mass is 9.99. The molecular formula is C18H24O4S. The Kier molecular flexibility index (Phi) is 6.02. The number of allylic oxidation sites excluding steroid dienone is 1. The maximum atomic E-state index is 12.3. The molecule has 0 aliphatic heterocycles. The molecule has 0 radical (unpaired) electrons. The monoisotopic (exact) mass is 336 g/mol. The van der Waals surface area contributed by atoms with E-state index in [0.717, 1.165) is 24.0 Å². The summed E-state index contributed by atoms with van der Waals surface area (Å²) < 4.78 is 10.6. The van der Waals surface area contributed by atoms with E-state index in [4.69, 9.17) is 9.47 Å². The summed E-state index contributed by atoms with van der Waals surface area (Å²) in [5.74, 6) is -0.385. The van der Waals surface area contributed by atoms with Gasteiger partial charge < -0.3 is 14.6 Å². The van der Waals surface area contributed by atoms with Gasteiger partial charge in [0.1, 0.15) is 0 Å². The number of aliphatic hydroxyl groups excluding tert-OH is 1. The van der Waals surface area contributed by atoms with Gasteiger partial charge in [-0.2, -0.15) is 0 Å². The Morgan fingerprint density at radius 2 is 2.22 bits per heavy atom. The van der Waals surface area contributed by atoms with Gasteiger partial charge in [-0.15, -0.1) is 11.3 Å². The molecule has 126 valence electrons. The van der Waals surface area contributed by atoms with Crippen molar-refractivity contribution in [3.63, 3.8) is 0 Å². The van der Waals surface area contributed by atoms with E-state index in [-0.39, 0.29) is 11.9 Å². The van der Waals surface area contributed by atoms with Crippen LogP contribution in [0.25, 0.3) is 0 Å². The molecule has 5 heteroatoms. The molecular weight excluding hydrogens is 312 g/mol. The van der Waals surface area contributed by atoms with Crippen LogP contribution in [0.1, 0.15) is 50.5 Å². The predicted octanol–water partition coefficient (Wildman–Crippen LogP) is 3.92. The number of carbonyl (C=O) groups is 1. The van der Waals surface area contributed by atoms with Gasteiger partial charge in [-0.1, -0.05) is 5.57 Å². The Labute approximate surface area is 141 Å². The second-order valence-corrected chi connectivity index (χ2v) is 6.81. The molecule has 0 amide bonds. The maximum Gasteiger partial charge on any atom is 0.337 e. The quantitative estimate of drug-likeness (QED) is 0.281. The van der Waals surface area contributed by atoms with Gasteiger partial charge in [-0.25, -0.2) is 4.79 Å². The first kappa shape index (κ1) is 17.8. The molecule has 0 aromatic carbocycles. The zero-order valence-electron chi connectivity index (χ0n) is 14.1. The second kappa shape index (κ2) is 7.79. The zero-order valence-corrected chi connectivity index (χ0v) is 14.9. The van der Waals surface area contributed by atoms with Gasteiger partial charge in [0, 0.05) is 10.8 Å². The van der Waals surface area contributed by atoms with Crippen molar-refractivity contribution in [2.45, 2.75) is 52.7 Å². The average molecular weight is 336 g/mol. The lowest BCUT2D eigenvalue weighted by Crippen LogP contribution is -2.16. The van der Waals surface area contributed by atoms with Crippen molar-refractivity contribution >= 4 is 17.3 Å². The highest BCUT2D eigenvalue weighted by molar-refractivity contribution is 7.10. The number of fused-ring (bicyclic) bond motifs is 1. The molecule has 2 rings (SSSR count). The van der Waals surface area contributed by atoms with Crippen molar-refractivity contribution in [2.75, 3.05) is 6.61 Å². The Bertz CT molecular complexity index is 623. The van der Waals surface area contributed by atoms with Crippen molar-refractivity contribution in [3.05, 3.63) is 44.9 Å². The third-order valence-corrected chi connectivity index (χ3v) is 5.24. The number of esters is 1. The minimum atomic E-state index is -1.05. The average Bonchev–Trinajstić information content (AvgIpc) is 3.11. The summed E-state index contributed by atoms with van der Waals surface area (Å²) >= 11 is 1.65. The molecule has 1 N–H and O–H groups in total. The van der Waals surface area contributed by atoms with E-state index in [1.807, 2.05) is 26.2 Å². The van der Waals surface area contributed by atoms with E-state index >= 15 is 0 Å². The van der Waals surface area contributed by atoms with Gasteiger partial charge in [0.05, 0.1) is 18.4 Å². The number of rotatable bonds is 6. The van der Waals surface area contributed by atoms with Crippen LogP contribution < -0.4 is 0 Å². The van der Waals surface area contributed by atoms with Crippen molar-refractivity contribution < 1.29 is 19.4 Å². The molecule has 1 aromatic rings. The van der Waals surface area contributed by atoms with E-state index in [1.165, 1.54) is 16.7 Å². The van der Waals surface area contributed by atoms with Gasteiger partial charge in [-0.3, -0.25) is 0 Å². The smallest absolute Gasteiger partial charge is 0.337 e. The highest BCUT2D eigenvalue weighted by Crippen LogP contribution is 2.42. The Morgan fingerprint density at radius 3 is 2.87 bits per heavy atom. The number of hydrogen-bond acceptors (Lipinski definition) is 5. The number of ether oxygens (including phenoxy) is 2. The number of hydrogen-bond donors (Lipinski definition) is 1. The molecule has 23 heavy (non-hydrogen) atoms. The van der Waals surface area contributed by atoms with E-state index in [9.17, 15) is 9.90 Å². The van der Waals surface area contributed by atoms with E-state index in [1.54, 1.807) is 18.3 Å². The Balaban J connectivity index is 2.24. The fraction of sp³-hybridized carbons (Fsp3) is 0.500. The number of thiophene rings is 1. The molecule has 0 bridgehead atoms. The highest BCUT2D eigenvalue weighted by atomic mass is 32.1.